The van der Waals surface area contributed by atoms with Gasteiger partial charge in [-0.1, -0.05) is 18.2 Å². The molecule has 1 atom stereocenters. The zero-order chi connectivity index (χ0) is 16.7. The Hall–Kier alpha value is -2.15. The van der Waals surface area contributed by atoms with Gasteiger partial charge >= 0.3 is 0 Å². The highest BCUT2D eigenvalue weighted by atomic mass is 32.2. The molecule has 2 fully saturated rings. The Balaban J connectivity index is 1.62. The molecule has 1 saturated carbocycles. The van der Waals surface area contributed by atoms with Gasteiger partial charge < -0.3 is 5.32 Å². The lowest BCUT2D eigenvalue weighted by Gasteiger charge is -2.12. The number of carbonyl (C=O) groups excluding carboxylic acids is 1. The summed E-state index contributed by atoms with van der Waals surface area (Å²) in [7, 11) is -3.02. The molecule has 2 aromatic rings. The minimum absolute atomic E-state index is 0.0215. The second-order valence-electron chi connectivity index (χ2n) is 6.55. The van der Waals surface area contributed by atoms with Crippen molar-refractivity contribution in [3.8, 4) is 5.69 Å². The van der Waals surface area contributed by atoms with E-state index in [0.29, 0.717) is 18.0 Å². The largest absolute Gasteiger partial charge is 0.347 e. The number of benzene rings is 1. The summed E-state index contributed by atoms with van der Waals surface area (Å²) in [5.41, 5.74) is 2.23. The van der Waals surface area contributed by atoms with Crippen molar-refractivity contribution in [1.29, 1.82) is 0 Å². The van der Waals surface area contributed by atoms with Crippen molar-refractivity contribution in [3.63, 3.8) is 0 Å². The van der Waals surface area contributed by atoms with Crippen LogP contribution in [0, 0.1) is 0 Å². The standard InChI is InChI=1S/C17H19N3O3S/c21-17(18-13-8-9-24(22,23)11-13)16-10-15(12-6-7-12)19-20(16)14-4-2-1-3-5-14/h1-5,10,12-13H,6-9,11H2,(H,18,21)/t13-/m0/s1. The van der Waals surface area contributed by atoms with E-state index < -0.39 is 9.84 Å². The fourth-order valence-corrected chi connectivity index (χ4v) is 4.75. The third-order valence-electron chi connectivity index (χ3n) is 4.52. The predicted octanol–water partition coefficient (Wildman–Crippen LogP) is 1.67. The summed E-state index contributed by atoms with van der Waals surface area (Å²) in [6.07, 6.45) is 2.69. The first-order chi connectivity index (χ1) is 11.5. The molecule has 126 valence electrons. The summed E-state index contributed by atoms with van der Waals surface area (Å²) < 4.78 is 24.8. The van der Waals surface area contributed by atoms with Crippen LogP contribution in [-0.4, -0.2) is 41.7 Å². The summed E-state index contributed by atoms with van der Waals surface area (Å²) in [5.74, 6) is 0.338. The monoisotopic (exact) mass is 345 g/mol. The molecule has 0 spiro atoms. The molecule has 7 heteroatoms. The number of carbonyl (C=O) groups is 1. The van der Waals surface area contributed by atoms with E-state index in [-0.39, 0.29) is 23.5 Å². The van der Waals surface area contributed by atoms with Gasteiger partial charge in [0, 0.05) is 12.0 Å². The van der Waals surface area contributed by atoms with Crippen LogP contribution in [0.1, 0.15) is 41.4 Å². The number of nitrogens with one attached hydrogen (secondary N) is 1. The van der Waals surface area contributed by atoms with Gasteiger partial charge in [-0.2, -0.15) is 5.10 Å². The Bertz CT molecular complexity index is 870. The lowest BCUT2D eigenvalue weighted by atomic mass is 10.2. The Morgan fingerprint density at radius 2 is 1.92 bits per heavy atom. The van der Waals surface area contributed by atoms with Crippen LogP contribution in [0.4, 0.5) is 0 Å². The van der Waals surface area contributed by atoms with E-state index in [1.54, 1.807) is 4.68 Å². The number of amides is 1. The van der Waals surface area contributed by atoms with Crippen molar-refractivity contribution in [2.45, 2.75) is 31.2 Å². The van der Waals surface area contributed by atoms with Crippen molar-refractivity contribution in [2.24, 2.45) is 0 Å². The first-order valence-corrected chi connectivity index (χ1v) is 10.0. The zero-order valence-electron chi connectivity index (χ0n) is 13.2. The molecule has 24 heavy (non-hydrogen) atoms. The first kappa shape index (κ1) is 15.4. The molecule has 1 N–H and O–H groups in total. The summed E-state index contributed by atoms with van der Waals surface area (Å²) in [4.78, 5) is 12.7. The fourth-order valence-electron chi connectivity index (χ4n) is 3.07. The van der Waals surface area contributed by atoms with Crippen LogP contribution in [0.2, 0.25) is 0 Å². The van der Waals surface area contributed by atoms with Gasteiger partial charge in [0.1, 0.15) is 5.69 Å². The van der Waals surface area contributed by atoms with Crippen molar-refractivity contribution < 1.29 is 13.2 Å². The van der Waals surface area contributed by atoms with Gasteiger partial charge in [0.25, 0.3) is 5.91 Å². The maximum Gasteiger partial charge on any atom is 0.270 e. The molecule has 1 amide bonds. The van der Waals surface area contributed by atoms with E-state index in [2.05, 4.69) is 10.4 Å². The van der Waals surface area contributed by atoms with Crippen LogP contribution in [0.25, 0.3) is 5.69 Å². The molecule has 1 saturated heterocycles. The summed E-state index contributed by atoms with van der Waals surface area (Å²) in [5, 5.41) is 7.46. The first-order valence-electron chi connectivity index (χ1n) is 8.18. The van der Waals surface area contributed by atoms with Crippen molar-refractivity contribution in [1.82, 2.24) is 15.1 Å². The minimum Gasteiger partial charge on any atom is -0.347 e. The number of hydrogen-bond donors (Lipinski definition) is 1. The van der Waals surface area contributed by atoms with Gasteiger partial charge in [-0.25, -0.2) is 13.1 Å². The van der Waals surface area contributed by atoms with E-state index in [4.69, 9.17) is 0 Å². The fraction of sp³-hybridized carbons (Fsp3) is 0.412. The van der Waals surface area contributed by atoms with Gasteiger partial charge in [0.05, 0.1) is 22.9 Å². The smallest absolute Gasteiger partial charge is 0.270 e. The molecule has 0 unspecified atom stereocenters. The van der Waals surface area contributed by atoms with E-state index in [0.717, 1.165) is 24.2 Å². The molecule has 0 bridgehead atoms. The number of rotatable bonds is 4. The van der Waals surface area contributed by atoms with Gasteiger partial charge in [-0.05, 0) is 37.5 Å². The number of aromatic nitrogens is 2. The lowest BCUT2D eigenvalue weighted by Crippen LogP contribution is -2.36. The molecular weight excluding hydrogens is 326 g/mol. The van der Waals surface area contributed by atoms with Gasteiger partial charge in [0.15, 0.2) is 9.84 Å². The van der Waals surface area contributed by atoms with Crippen LogP contribution in [0.15, 0.2) is 36.4 Å². The van der Waals surface area contributed by atoms with Crippen LogP contribution in [-0.2, 0) is 9.84 Å². The summed E-state index contributed by atoms with van der Waals surface area (Å²) >= 11 is 0. The molecule has 2 heterocycles. The number of sulfone groups is 1. The summed E-state index contributed by atoms with van der Waals surface area (Å²) in [6.45, 7) is 0. The van der Waals surface area contributed by atoms with Gasteiger partial charge in [-0.15, -0.1) is 0 Å². The number of hydrogen-bond acceptors (Lipinski definition) is 4. The Morgan fingerprint density at radius 1 is 1.17 bits per heavy atom. The quantitative estimate of drug-likeness (QED) is 0.914. The molecule has 1 aromatic carbocycles. The Labute approximate surface area is 140 Å². The molecule has 6 nitrogen and oxygen atoms in total. The molecule has 0 radical (unpaired) electrons. The predicted molar refractivity (Wildman–Crippen MR) is 90.1 cm³/mol. The highest BCUT2D eigenvalue weighted by Gasteiger charge is 2.32. The average Bonchev–Trinajstić information content (AvgIpc) is 3.22. The van der Waals surface area contributed by atoms with Gasteiger partial charge in [0.2, 0.25) is 0 Å². The molecule has 1 aliphatic heterocycles. The third kappa shape index (κ3) is 3.08. The van der Waals surface area contributed by atoms with E-state index in [9.17, 15) is 13.2 Å². The average molecular weight is 345 g/mol. The summed E-state index contributed by atoms with van der Waals surface area (Å²) in [6, 6.07) is 11.0. The third-order valence-corrected chi connectivity index (χ3v) is 6.29. The van der Waals surface area contributed by atoms with E-state index >= 15 is 0 Å². The Morgan fingerprint density at radius 3 is 2.54 bits per heavy atom. The topological polar surface area (TPSA) is 81.1 Å². The molecule has 2 aliphatic rings. The SMILES string of the molecule is O=C(N[C@H]1CCS(=O)(=O)C1)c1cc(C2CC2)nn1-c1ccccc1. The molecule has 1 aromatic heterocycles. The van der Waals surface area contributed by atoms with Crippen molar-refractivity contribution in [3.05, 3.63) is 47.8 Å². The van der Waals surface area contributed by atoms with E-state index in [1.807, 2.05) is 36.4 Å². The normalized spacial score (nSPS) is 22.4. The van der Waals surface area contributed by atoms with Crippen LogP contribution in [0.3, 0.4) is 0 Å². The molecule has 1 aliphatic carbocycles. The maximum atomic E-state index is 12.7. The van der Waals surface area contributed by atoms with Crippen molar-refractivity contribution in [2.75, 3.05) is 11.5 Å². The minimum atomic E-state index is -3.02. The highest BCUT2D eigenvalue weighted by Crippen LogP contribution is 2.39. The van der Waals surface area contributed by atoms with Gasteiger partial charge in [-0.3, -0.25) is 4.79 Å². The van der Waals surface area contributed by atoms with E-state index in [1.165, 1.54) is 0 Å². The van der Waals surface area contributed by atoms with Crippen molar-refractivity contribution >= 4 is 15.7 Å². The number of para-hydroxylation sites is 1. The Kier molecular flexibility index (Phi) is 3.68. The number of nitrogens with zero attached hydrogens (tertiary/aromatic N) is 2. The van der Waals surface area contributed by atoms with Crippen LogP contribution >= 0.6 is 0 Å². The second-order valence-corrected chi connectivity index (χ2v) is 8.78. The van der Waals surface area contributed by atoms with Crippen LogP contribution in [0.5, 0.6) is 0 Å². The second kappa shape index (κ2) is 5.73. The lowest BCUT2D eigenvalue weighted by molar-refractivity contribution is 0.0933. The highest BCUT2D eigenvalue weighted by molar-refractivity contribution is 7.91. The zero-order valence-corrected chi connectivity index (χ0v) is 14.0. The maximum absolute atomic E-state index is 12.7. The molecular formula is C17H19N3O3S. The molecule has 4 rings (SSSR count). The van der Waals surface area contributed by atoms with Crippen LogP contribution < -0.4 is 5.32 Å².